The number of thiophene rings is 1. The van der Waals surface area contributed by atoms with Crippen LogP contribution in [-0.4, -0.2) is 64.5 Å². The van der Waals surface area contributed by atoms with Gasteiger partial charge in [-0.1, -0.05) is 34.1 Å². The quantitative estimate of drug-likeness (QED) is 0.182. The lowest BCUT2D eigenvalue weighted by Crippen LogP contribution is -2.34. The van der Waals surface area contributed by atoms with Gasteiger partial charge in [-0.15, -0.1) is 0 Å². The van der Waals surface area contributed by atoms with Gasteiger partial charge < -0.3 is 19.7 Å². The summed E-state index contributed by atoms with van der Waals surface area (Å²) in [5, 5.41) is 8.02. The lowest BCUT2D eigenvalue weighted by atomic mass is 10.1. The van der Waals surface area contributed by atoms with Gasteiger partial charge in [-0.25, -0.2) is 4.98 Å². The van der Waals surface area contributed by atoms with Gasteiger partial charge in [0.25, 0.3) is 5.91 Å². The first-order chi connectivity index (χ1) is 19.4. The molecule has 0 atom stereocenters. The smallest absolute Gasteiger partial charge is 0.253 e. The zero-order valence-electron chi connectivity index (χ0n) is 25.3. The van der Waals surface area contributed by atoms with Crippen LogP contribution in [0, 0.1) is 11.8 Å². The van der Waals surface area contributed by atoms with Crippen LogP contribution in [0.1, 0.15) is 88.6 Å². The number of hydrogen-bond acceptors (Lipinski definition) is 5. The molecule has 0 unspecified atom stereocenters. The molecule has 4 rings (SSSR count). The lowest BCUT2D eigenvalue weighted by Gasteiger charge is -2.26. The Balaban J connectivity index is 1.51. The molecule has 0 saturated carbocycles. The van der Waals surface area contributed by atoms with E-state index in [4.69, 9.17) is 4.98 Å². The van der Waals surface area contributed by atoms with Crippen LogP contribution in [0.25, 0.3) is 11.0 Å². The van der Waals surface area contributed by atoms with E-state index in [1.165, 1.54) is 37.9 Å². The first-order valence-electron chi connectivity index (χ1n) is 15.7. The van der Waals surface area contributed by atoms with Crippen LogP contribution in [-0.2, 0) is 13.0 Å². The molecular formula is C33H51N5OS. The molecule has 0 aliphatic carbocycles. The predicted molar refractivity (Wildman–Crippen MR) is 171 cm³/mol. The van der Waals surface area contributed by atoms with Crippen molar-refractivity contribution in [1.82, 2.24) is 19.4 Å². The highest BCUT2D eigenvalue weighted by Crippen LogP contribution is 2.24. The van der Waals surface area contributed by atoms with E-state index in [2.05, 4.69) is 70.3 Å². The van der Waals surface area contributed by atoms with Crippen LogP contribution in [0.5, 0.6) is 0 Å². The van der Waals surface area contributed by atoms with E-state index < -0.39 is 0 Å². The molecule has 0 bridgehead atoms. The molecule has 1 N–H and O–H groups in total. The molecule has 0 spiro atoms. The van der Waals surface area contributed by atoms with Gasteiger partial charge in [0, 0.05) is 31.7 Å². The number of carbonyl (C=O) groups excluding carboxylic acids is 1. The maximum atomic E-state index is 13.8. The van der Waals surface area contributed by atoms with Gasteiger partial charge in [0.05, 0.1) is 11.0 Å². The molecule has 6 nitrogen and oxygen atoms in total. The number of fused-ring (bicyclic) bond motifs is 1. The fourth-order valence-corrected chi connectivity index (χ4v) is 6.21. The van der Waals surface area contributed by atoms with Crippen LogP contribution in [0.4, 0.5) is 5.95 Å². The second kappa shape index (κ2) is 15.6. The first kappa shape index (κ1) is 30.6. The Morgan fingerprint density at radius 2 is 1.75 bits per heavy atom. The maximum Gasteiger partial charge on any atom is 0.253 e. The molecule has 220 valence electrons. The minimum atomic E-state index is 0.148. The normalized spacial score (nSPS) is 14.4. The van der Waals surface area contributed by atoms with Crippen molar-refractivity contribution in [2.24, 2.45) is 11.8 Å². The number of nitrogens with zero attached hydrogens (tertiary/aromatic N) is 4. The monoisotopic (exact) mass is 565 g/mol. The van der Waals surface area contributed by atoms with E-state index in [9.17, 15) is 4.79 Å². The zero-order chi connectivity index (χ0) is 28.3. The third-order valence-corrected chi connectivity index (χ3v) is 8.78. The molecule has 1 aliphatic heterocycles. The van der Waals surface area contributed by atoms with Gasteiger partial charge >= 0.3 is 0 Å². The van der Waals surface area contributed by atoms with E-state index in [1.54, 1.807) is 11.3 Å². The number of likely N-dealkylation sites (tertiary alicyclic amines) is 1. The van der Waals surface area contributed by atoms with E-state index >= 15 is 0 Å². The largest absolute Gasteiger partial charge is 0.356 e. The molecule has 3 aromatic rings. The summed E-state index contributed by atoms with van der Waals surface area (Å²) in [6.45, 7) is 15.9. The summed E-state index contributed by atoms with van der Waals surface area (Å²) in [7, 11) is 0. The SMILES string of the molecule is CC(C)CCN(CCC(C)C)C(=O)c1ccc2nc(NCCCc3ccsc3)n(CCCN3CCCCC3)c2c1. The van der Waals surface area contributed by atoms with Crippen molar-refractivity contribution in [3.63, 3.8) is 0 Å². The van der Waals surface area contributed by atoms with Crippen LogP contribution in [0.15, 0.2) is 35.0 Å². The highest BCUT2D eigenvalue weighted by atomic mass is 32.1. The topological polar surface area (TPSA) is 53.4 Å². The number of imidazole rings is 1. The van der Waals surface area contributed by atoms with Crippen LogP contribution in [0.2, 0.25) is 0 Å². The van der Waals surface area contributed by atoms with Gasteiger partial charge in [0.15, 0.2) is 0 Å². The number of anilines is 1. The highest BCUT2D eigenvalue weighted by molar-refractivity contribution is 7.07. The van der Waals surface area contributed by atoms with Crippen molar-refractivity contribution in [3.8, 4) is 0 Å². The molecular weight excluding hydrogens is 514 g/mol. The zero-order valence-corrected chi connectivity index (χ0v) is 26.1. The Labute approximate surface area is 246 Å². The molecule has 40 heavy (non-hydrogen) atoms. The highest BCUT2D eigenvalue weighted by Gasteiger charge is 2.19. The summed E-state index contributed by atoms with van der Waals surface area (Å²) < 4.78 is 2.33. The van der Waals surface area contributed by atoms with Crippen molar-refractivity contribution in [3.05, 3.63) is 46.2 Å². The molecule has 1 fully saturated rings. The second-order valence-corrected chi connectivity index (χ2v) is 13.1. The van der Waals surface area contributed by atoms with Crippen molar-refractivity contribution in [2.45, 2.75) is 85.6 Å². The van der Waals surface area contributed by atoms with Crippen LogP contribution < -0.4 is 5.32 Å². The Morgan fingerprint density at radius 1 is 1.00 bits per heavy atom. The minimum absolute atomic E-state index is 0.148. The fraction of sp³-hybridized carbons (Fsp3) is 0.636. The summed E-state index contributed by atoms with van der Waals surface area (Å²) >= 11 is 1.76. The van der Waals surface area contributed by atoms with Gasteiger partial charge in [0.1, 0.15) is 0 Å². The number of hydrogen-bond donors (Lipinski definition) is 1. The van der Waals surface area contributed by atoms with Crippen LogP contribution in [0.3, 0.4) is 0 Å². The molecule has 1 amide bonds. The van der Waals surface area contributed by atoms with Crippen molar-refractivity contribution in [1.29, 1.82) is 0 Å². The Bertz CT molecular complexity index is 1150. The second-order valence-electron chi connectivity index (χ2n) is 12.4. The Kier molecular flexibility index (Phi) is 11.9. The summed E-state index contributed by atoms with van der Waals surface area (Å²) in [5.74, 6) is 2.23. The molecule has 3 heterocycles. The summed E-state index contributed by atoms with van der Waals surface area (Å²) in [6, 6.07) is 8.33. The van der Waals surface area contributed by atoms with E-state index in [1.807, 2.05) is 12.1 Å². The van der Waals surface area contributed by atoms with Crippen molar-refractivity contribution >= 4 is 34.2 Å². The van der Waals surface area contributed by atoms with E-state index in [-0.39, 0.29) is 5.91 Å². The Hall–Kier alpha value is -2.38. The molecule has 7 heteroatoms. The van der Waals surface area contributed by atoms with Crippen molar-refractivity contribution < 1.29 is 4.79 Å². The predicted octanol–water partition coefficient (Wildman–Crippen LogP) is 7.55. The summed E-state index contributed by atoms with van der Waals surface area (Å²) in [5.41, 5.74) is 4.22. The van der Waals surface area contributed by atoms with Crippen molar-refractivity contribution in [2.75, 3.05) is 44.6 Å². The van der Waals surface area contributed by atoms with Gasteiger partial charge in [-0.05, 0) is 117 Å². The lowest BCUT2D eigenvalue weighted by molar-refractivity contribution is 0.0741. The first-order valence-corrected chi connectivity index (χ1v) is 16.6. The van der Waals surface area contributed by atoms with Gasteiger partial charge in [0.2, 0.25) is 5.95 Å². The van der Waals surface area contributed by atoms with Gasteiger partial charge in [-0.3, -0.25) is 4.79 Å². The maximum absolute atomic E-state index is 13.8. The number of carbonyl (C=O) groups is 1. The standard InChI is InChI=1S/C33H51N5OS/c1-26(2)13-21-37(22-14-27(3)4)32(39)29-11-12-30-31(24-29)38(20-9-19-36-17-6-5-7-18-36)33(35-30)34-16-8-10-28-15-23-40-25-28/h11-12,15,23-27H,5-10,13-14,16-22H2,1-4H3,(H,34,35). The molecule has 0 radical (unpaired) electrons. The Morgan fingerprint density at radius 3 is 2.42 bits per heavy atom. The average molecular weight is 566 g/mol. The number of nitrogens with one attached hydrogen (secondary N) is 1. The van der Waals surface area contributed by atoms with Gasteiger partial charge in [-0.2, -0.15) is 11.3 Å². The van der Waals surface area contributed by atoms with E-state index in [0.717, 1.165) is 87.4 Å². The summed E-state index contributed by atoms with van der Waals surface area (Å²) in [4.78, 5) is 23.4. The number of rotatable bonds is 16. The van der Waals surface area contributed by atoms with Crippen LogP contribution >= 0.6 is 11.3 Å². The molecule has 2 aromatic heterocycles. The number of benzene rings is 1. The average Bonchev–Trinajstić information content (AvgIpc) is 3.59. The number of amides is 1. The number of piperidine rings is 1. The third kappa shape index (κ3) is 9.07. The van der Waals surface area contributed by atoms with E-state index in [0.29, 0.717) is 11.8 Å². The molecule has 1 aromatic carbocycles. The number of aromatic nitrogens is 2. The minimum Gasteiger partial charge on any atom is -0.356 e. The number of aryl methyl sites for hydroxylation is 2. The fourth-order valence-electron chi connectivity index (χ4n) is 5.51. The third-order valence-electron chi connectivity index (χ3n) is 8.05. The summed E-state index contributed by atoms with van der Waals surface area (Å²) in [6.07, 6.45) is 9.29. The molecule has 1 saturated heterocycles. The molecule has 1 aliphatic rings.